The monoisotopic (exact) mass is 421 g/mol. The minimum atomic E-state index is -0.423. The van der Waals surface area contributed by atoms with Gasteiger partial charge in [-0.2, -0.15) is 11.8 Å². The lowest BCUT2D eigenvalue weighted by Gasteiger charge is -2.20. The van der Waals surface area contributed by atoms with E-state index in [1.54, 1.807) is 23.5 Å². The van der Waals surface area contributed by atoms with Crippen molar-refractivity contribution in [1.82, 2.24) is 4.90 Å². The van der Waals surface area contributed by atoms with E-state index in [2.05, 4.69) is 26.0 Å². The van der Waals surface area contributed by atoms with E-state index in [-0.39, 0.29) is 17.0 Å². The van der Waals surface area contributed by atoms with Crippen molar-refractivity contribution in [3.63, 3.8) is 0 Å². The first kappa shape index (κ1) is 21.2. The summed E-state index contributed by atoms with van der Waals surface area (Å²) < 4.78 is 27.6. The molecule has 0 aliphatic carbocycles. The molecule has 6 heteroatoms. The molecule has 0 aromatic heterocycles. The van der Waals surface area contributed by atoms with Crippen molar-refractivity contribution in [2.24, 2.45) is 0 Å². The van der Waals surface area contributed by atoms with Gasteiger partial charge in [0.1, 0.15) is 11.6 Å². The number of hydrogen-bond donors (Lipinski definition) is 0. The Morgan fingerprint density at radius 3 is 2.64 bits per heavy atom. The van der Waals surface area contributed by atoms with Crippen molar-refractivity contribution in [3.8, 4) is 0 Å². The molecule has 28 heavy (non-hydrogen) atoms. The highest BCUT2D eigenvalue weighted by molar-refractivity contribution is 8.00. The van der Waals surface area contributed by atoms with Crippen molar-refractivity contribution >= 4 is 29.4 Å². The van der Waals surface area contributed by atoms with Gasteiger partial charge in [-0.15, -0.1) is 11.8 Å². The van der Waals surface area contributed by atoms with Gasteiger partial charge in [0.05, 0.1) is 6.42 Å². The standard InChI is InChI=1S/C22H25F2NOS2/c1-15(2)28-18-6-3-16(4-7-18)13-22(26)25-10-9-21(27-12-11-25)19-14-17(23)5-8-20(19)24/h3-8,14-15,21H,9-13H2,1-2H3. The first-order valence-electron chi connectivity index (χ1n) is 9.52. The predicted molar refractivity (Wildman–Crippen MR) is 114 cm³/mol. The first-order valence-corrected chi connectivity index (χ1v) is 11.4. The van der Waals surface area contributed by atoms with Crippen molar-refractivity contribution in [3.05, 3.63) is 65.2 Å². The summed E-state index contributed by atoms with van der Waals surface area (Å²) in [5, 5.41) is 0.402. The highest BCUT2D eigenvalue weighted by Gasteiger charge is 2.24. The molecule has 0 radical (unpaired) electrons. The largest absolute Gasteiger partial charge is 0.342 e. The van der Waals surface area contributed by atoms with Crippen LogP contribution in [-0.4, -0.2) is 34.9 Å². The fraction of sp³-hybridized carbons (Fsp3) is 0.409. The Hall–Kier alpha value is -1.53. The minimum Gasteiger partial charge on any atom is -0.342 e. The first-order chi connectivity index (χ1) is 13.4. The predicted octanol–water partition coefficient (Wildman–Crippen LogP) is 5.71. The van der Waals surface area contributed by atoms with Crippen LogP contribution in [0.25, 0.3) is 0 Å². The zero-order valence-corrected chi connectivity index (χ0v) is 17.8. The second kappa shape index (κ2) is 9.79. The van der Waals surface area contributed by atoms with Crippen LogP contribution in [0.4, 0.5) is 8.78 Å². The van der Waals surface area contributed by atoms with Crippen LogP contribution in [0.1, 0.15) is 36.6 Å². The van der Waals surface area contributed by atoms with E-state index in [0.717, 1.165) is 17.4 Å². The molecule has 3 rings (SSSR count). The minimum absolute atomic E-state index is 0.0882. The van der Waals surface area contributed by atoms with Crippen LogP contribution in [0.2, 0.25) is 0 Å². The van der Waals surface area contributed by atoms with Crippen molar-refractivity contribution < 1.29 is 13.6 Å². The highest BCUT2D eigenvalue weighted by atomic mass is 32.2. The van der Waals surface area contributed by atoms with E-state index in [9.17, 15) is 13.6 Å². The molecule has 2 aromatic rings. The number of hydrogen-bond acceptors (Lipinski definition) is 3. The summed E-state index contributed by atoms with van der Waals surface area (Å²) in [7, 11) is 0. The Balaban J connectivity index is 1.59. The Bertz CT molecular complexity index is 811. The summed E-state index contributed by atoms with van der Waals surface area (Å²) in [4.78, 5) is 15.8. The van der Waals surface area contributed by atoms with Crippen molar-refractivity contribution in [2.75, 3.05) is 18.8 Å². The number of carbonyl (C=O) groups is 1. The average molecular weight is 422 g/mol. The van der Waals surface area contributed by atoms with E-state index in [4.69, 9.17) is 0 Å². The third-order valence-electron chi connectivity index (χ3n) is 4.65. The second-order valence-corrected chi connectivity index (χ2v) is 10.1. The zero-order valence-electron chi connectivity index (χ0n) is 16.2. The molecule has 150 valence electrons. The third-order valence-corrected chi connectivity index (χ3v) is 6.98. The summed E-state index contributed by atoms with van der Waals surface area (Å²) in [6.07, 6.45) is 0.997. The SMILES string of the molecule is CC(C)Sc1ccc(CC(=O)N2CCSC(c3cc(F)ccc3F)CC2)cc1. The fourth-order valence-corrected chi connectivity index (χ4v) is 5.35. The summed E-state index contributed by atoms with van der Waals surface area (Å²) >= 11 is 3.39. The molecule has 2 aromatic carbocycles. The van der Waals surface area contributed by atoms with Crippen molar-refractivity contribution in [2.45, 2.75) is 42.1 Å². The number of carbonyl (C=O) groups excluding carboxylic acids is 1. The van der Waals surface area contributed by atoms with E-state index in [1.165, 1.54) is 17.0 Å². The van der Waals surface area contributed by atoms with E-state index in [0.29, 0.717) is 36.7 Å². The number of thioether (sulfide) groups is 2. The Morgan fingerprint density at radius 1 is 1.18 bits per heavy atom. The summed E-state index contributed by atoms with van der Waals surface area (Å²) in [5.41, 5.74) is 1.40. The molecule has 1 unspecified atom stereocenters. The molecule has 1 aliphatic heterocycles. The maximum absolute atomic E-state index is 14.1. The topological polar surface area (TPSA) is 20.3 Å². The third kappa shape index (κ3) is 5.74. The van der Waals surface area contributed by atoms with E-state index >= 15 is 0 Å². The lowest BCUT2D eigenvalue weighted by molar-refractivity contribution is -0.130. The van der Waals surface area contributed by atoms with Crippen LogP contribution in [0.3, 0.4) is 0 Å². The van der Waals surface area contributed by atoms with Crippen LogP contribution >= 0.6 is 23.5 Å². The summed E-state index contributed by atoms with van der Waals surface area (Å²) in [5.74, 6) is 0.00702. The molecule has 1 fully saturated rings. The van der Waals surface area contributed by atoms with Crippen LogP contribution in [0, 0.1) is 11.6 Å². The molecule has 1 amide bonds. The lowest BCUT2D eigenvalue weighted by atomic mass is 10.1. The maximum atomic E-state index is 14.1. The van der Waals surface area contributed by atoms with Crippen LogP contribution < -0.4 is 0 Å². The van der Waals surface area contributed by atoms with Gasteiger partial charge in [-0.1, -0.05) is 26.0 Å². The van der Waals surface area contributed by atoms with Gasteiger partial charge in [0.25, 0.3) is 0 Å². The number of nitrogens with zero attached hydrogens (tertiary/aromatic N) is 1. The van der Waals surface area contributed by atoms with E-state index in [1.807, 2.05) is 17.0 Å². The maximum Gasteiger partial charge on any atom is 0.227 e. The van der Waals surface area contributed by atoms with Gasteiger partial charge in [-0.05, 0) is 42.3 Å². The molecule has 1 aliphatic rings. The van der Waals surface area contributed by atoms with Crippen LogP contribution in [0.5, 0.6) is 0 Å². The molecule has 1 atom stereocenters. The second-order valence-electron chi connectivity index (χ2n) is 7.18. The molecular formula is C22H25F2NOS2. The van der Waals surface area contributed by atoms with Gasteiger partial charge in [-0.25, -0.2) is 8.78 Å². The van der Waals surface area contributed by atoms with Gasteiger partial charge in [0.15, 0.2) is 0 Å². The smallest absolute Gasteiger partial charge is 0.227 e. The van der Waals surface area contributed by atoms with Crippen LogP contribution in [0.15, 0.2) is 47.4 Å². The zero-order chi connectivity index (χ0) is 20.1. The number of rotatable bonds is 5. The molecule has 1 saturated heterocycles. The van der Waals surface area contributed by atoms with Gasteiger partial charge in [0.2, 0.25) is 5.91 Å². The fourth-order valence-electron chi connectivity index (χ4n) is 3.27. The molecular weight excluding hydrogens is 396 g/mol. The van der Waals surface area contributed by atoms with Gasteiger partial charge in [-0.3, -0.25) is 4.79 Å². The number of amides is 1. The number of halogens is 2. The van der Waals surface area contributed by atoms with Gasteiger partial charge < -0.3 is 4.90 Å². The quantitative estimate of drug-likeness (QED) is 0.577. The summed E-state index contributed by atoms with van der Waals surface area (Å²) in [6.45, 7) is 5.51. The van der Waals surface area contributed by atoms with Crippen LogP contribution in [-0.2, 0) is 11.2 Å². The number of benzene rings is 2. The molecule has 2 nitrogen and oxygen atoms in total. The van der Waals surface area contributed by atoms with Gasteiger partial charge in [0, 0.05) is 39.8 Å². The van der Waals surface area contributed by atoms with Crippen molar-refractivity contribution in [1.29, 1.82) is 0 Å². The highest BCUT2D eigenvalue weighted by Crippen LogP contribution is 2.36. The molecule has 0 saturated carbocycles. The lowest BCUT2D eigenvalue weighted by Crippen LogP contribution is -2.34. The molecule has 1 heterocycles. The Kier molecular flexibility index (Phi) is 7.41. The average Bonchev–Trinajstić information content (AvgIpc) is 2.91. The molecule has 0 N–H and O–H groups in total. The Labute approximate surface area is 174 Å². The Morgan fingerprint density at radius 2 is 1.93 bits per heavy atom. The normalized spacial score (nSPS) is 17.6. The van der Waals surface area contributed by atoms with Gasteiger partial charge >= 0.3 is 0 Å². The summed E-state index contributed by atoms with van der Waals surface area (Å²) in [6, 6.07) is 11.8. The molecule has 0 bridgehead atoms. The molecule has 0 spiro atoms. The van der Waals surface area contributed by atoms with E-state index < -0.39 is 5.82 Å².